The molecule has 0 aliphatic heterocycles. The molecule has 0 fully saturated rings. The zero-order chi connectivity index (χ0) is 21.6. The molecule has 3 rings (SSSR count). The van der Waals surface area contributed by atoms with Crippen LogP contribution in [0.5, 0.6) is 0 Å². The standard InChI is InChI=1S/C21H16N4O3S2/c22-13-15-10-11-19(24-21(26)23-18-9-5-4-6-16(18)14-29)20(12-15)25-30(27,28)17-7-2-1-3-8-17/h1-12,14,25H,(H2,23,24,26). The molecule has 0 aliphatic carbocycles. The van der Waals surface area contributed by atoms with Gasteiger partial charge in [-0.2, -0.15) is 5.26 Å². The van der Waals surface area contributed by atoms with E-state index in [0.717, 1.165) is 0 Å². The van der Waals surface area contributed by atoms with Gasteiger partial charge < -0.3 is 10.6 Å². The number of anilines is 3. The van der Waals surface area contributed by atoms with E-state index in [-0.39, 0.29) is 21.8 Å². The van der Waals surface area contributed by atoms with Crippen LogP contribution in [-0.4, -0.2) is 19.8 Å². The van der Waals surface area contributed by atoms with E-state index in [1.807, 2.05) is 6.07 Å². The molecule has 2 amide bonds. The maximum absolute atomic E-state index is 12.7. The van der Waals surface area contributed by atoms with Gasteiger partial charge in [-0.05, 0) is 36.4 Å². The second-order valence-electron chi connectivity index (χ2n) is 6.07. The summed E-state index contributed by atoms with van der Waals surface area (Å²) in [4.78, 5) is 12.5. The molecule has 0 atom stereocenters. The summed E-state index contributed by atoms with van der Waals surface area (Å²) in [5.41, 5.74) is 1.65. The highest BCUT2D eigenvalue weighted by molar-refractivity contribution is 7.92. The van der Waals surface area contributed by atoms with Crippen molar-refractivity contribution in [1.29, 1.82) is 5.26 Å². The van der Waals surface area contributed by atoms with Gasteiger partial charge in [0.25, 0.3) is 10.0 Å². The van der Waals surface area contributed by atoms with Gasteiger partial charge in [0.2, 0.25) is 0 Å². The lowest BCUT2D eigenvalue weighted by atomic mass is 10.2. The van der Waals surface area contributed by atoms with Crippen LogP contribution < -0.4 is 15.4 Å². The highest BCUT2D eigenvalue weighted by Gasteiger charge is 2.17. The van der Waals surface area contributed by atoms with E-state index in [1.54, 1.807) is 42.5 Å². The van der Waals surface area contributed by atoms with Gasteiger partial charge in [0, 0.05) is 10.9 Å². The van der Waals surface area contributed by atoms with Crippen molar-refractivity contribution in [2.75, 3.05) is 15.4 Å². The summed E-state index contributed by atoms with van der Waals surface area (Å²) in [5, 5.41) is 15.9. The fraction of sp³-hybridized carbons (Fsp3) is 0. The van der Waals surface area contributed by atoms with E-state index in [9.17, 15) is 13.2 Å². The minimum absolute atomic E-state index is 0.0534. The number of nitriles is 1. The number of thiocarbonyl (C=S) groups is 1. The van der Waals surface area contributed by atoms with Gasteiger partial charge in [0.1, 0.15) is 0 Å². The molecule has 0 radical (unpaired) electrons. The maximum Gasteiger partial charge on any atom is 0.323 e. The molecule has 3 aromatic rings. The molecule has 30 heavy (non-hydrogen) atoms. The minimum Gasteiger partial charge on any atom is -0.307 e. The largest absolute Gasteiger partial charge is 0.323 e. The number of carbonyl (C=O) groups is 1. The molecule has 0 spiro atoms. The smallest absolute Gasteiger partial charge is 0.307 e. The molecule has 0 unspecified atom stereocenters. The molecule has 7 nitrogen and oxygen atoms in total. The molecule has 0 aliphatic rings. The first kappa shape index (κ1) is 21.0. The number of carbonyl (C=O) groups excluding carboxylic acids is 1. The molecular formula is C21H16N4O3S2. The van der Waals surface area contributed by atoms with Crippen LogP contribution in [0.15, 0.2) is 77.7 Å². The maximum atomic E-state index is 12.7. The average molecular weight is 437 g/mol. The molecular weight excluding hydrogens is 420 g/mol. The monoisotopic (exact) mass is 436 g/mol. The quantitative estimate of drug-likeness (QED) is 0.498. The van der Waals surface area contributed by atoms with Crippen molar-refractivity contribution in [3.8, 4) is 6.07 Å². The van der Waals surface area contributed by atoms with Crippen molar-refractivity contribution in [2.24, 2.45) is 0 Å². The Morgan fingerprint density at radius 2 is 1.57 bits per heavy atom. The molecule has 9 heteroatoms. The zero-order valence-electron chi connectivity index (χ0n) is 15.5. The third-order valence-corrected chi connectivity index (χ3v) is 5.67. The van der Waals surface area contributed by atoms with E-state index in [0.29, 0.717) is 11.3 Å². The van der Waals surface area contributed by atoms with Crippen LogP contribution in [0.4, 0.5) is 21.9 Å². The zero-order valence-corrected chi connectivity index (χ0v) is 17.1. The third-order valence-electron chi connectivity index (χ3n) is 4.03. The first-order valence-electron chi connectivity index (χ1n) is 8.67. The van der Waals surface area contributed by atoms with Crippen molar-refractivity contribution in [2.45, 2.75) is 4.90 Å². The Morgan fingerprint density at radius 1 is 0.900 bits per heavy atom. The fourth-order valence-corrected chi connectivity index (χ4v) is 3.90. The normalized spacial score (nSPS) is 10.5. The fourth-order valence-electron chi connectivity index (χ4n) is 2.60. The van der Waals surface area contributed by atoms with E-state index >= 15 is 0 Å². The van der Waals surface area contributed by atoms with E-state index in [2.05, 4.69) is 15.4 Å². The summed E-state index contributed by atoms with van der Waals surface area (Å²) in [6, 6.07) is 20.4. The second kappa shape index (κ2) is 9.17. The second-order valence-corrected chi connectivity index (χ2v) is 7.99. The molecule has 0 aromatic heterocycles. The van der Waals surface area contributed by atoms with Gasteiger partial charge in [-0.25, -0.2) is 13.2 Å². The van der Waals surface area contributed by atoms with E-state index < -0.39 is 16.1 Å². The number of benzene rings is 3. The van der Waals surface area contributed by atoms with Crippen LogP contribution in [0.2, 0.25) is 0 Å². The first-order valence-corrected chi connectivity index (χ1v) is 10.6. The third kappa shape index (κ3) is 5.00. The topological polar surface area (TPSA) is 111 Å². The minimum atomic E-state index is -3.92. The summed E-state index contributed by atoms with van der Waals surface area (Å²) in [5.74, 6) is 0. The van der Waals surface area contributed by atoms with Gasteiger partial charge in [-0.3, -0.25) is 4.72 Å². The summed E-state index contributed by atoms with van der Waals surface area (Å²) in [7, 11) is -3.92. The molecule has 0 bridgehead atoms. The van der Waals surface area contributed by atoms with Crippen LogP contribution in [0.25, 0.3) is 0 Å². The Morgan fingerprint density at radius 3 is 2.27 bits per heavy atom. The number of hydrogen-bond acceptors (Lipinski definition) is 5. The summed E-state index contributed by atoms with van der Waals surface area (Å²) in [6.07, 6.45) is 0. The average Bonchev–Trinajstić information content (AvgIpc) is 2.75. The number of sulfonamides is 1. The highest BCUT2D eigenvalue weighted by atomic mass is 32.2. The molecule has 3 N–H and O–H groups in total. The molecule has 3 aromatic carbocycles. The Kier molecular flexibility index (Phi) is 6.41. The Labute approximate surface area is 179 Å². The number of nitrogens with one attached hydrogen (secondary N) is 3. The van der Waals surface area contributed by atoms with Gasteiger partial charge in [-0.15, -0.1) is 0 Å². The highest BCUT2D eigenvalue weighted by Crippen LogP contribution is 2.26. The lowest BCUT2D eigenvalue weighted by Gasteiger charge is -2.15. The number of para-hydroxylation sites is 1. The molecule has 0 heterocycles. The Bertz CT molecular complexity index is 1240. The van der Waals surface area contributed by atoms with Crippen LogP contribution in [0.1, 0.15) is 11.1 Å². The van der Waals surface area contributed by atoms with Crippen molar-refractivity contribution in [3.63, 3.8) is 0 Å². The molecule has 0 saturated heterocycles. The number of amides is 2. The van der Waals surface area contributed by atoms with Crippen molar-refractivity contribution >= 4 is 50.7 Å². The number of hydrogen-bond donors (Lipinski definition) is 3. The van der Waals surface area contributed by atoms with E-state index in [4.69, 9.17) is 17.5 Å². The summed E-state index contributed by atoms with van der Waals surface area (Å²) < 4.78 is 27.8. The van der Waals surface area contributed by atoms with Crippen LogP contribution in [0.3, 0.4) is 0 Å². The van der Waals surface area contributed by atoms with Gasteiger partial charge in [0.15, 0.2) is 0 Å². The molecule has 0 saturated carbocycles. The lowest BCUT2D eigenvalue weighted by Crippen LogP contribution is -2.22. The van der Waals surface area contributed by atoms with Crippen LogP contribution in [-0.2, 0) is 10.0 Å². The van der Waals surface area contributed by atoms with Crippen LogP contribution in [0, 0.1) is 11.3 Å². The van der Waals surface area contributed by atoms with E-state index in [1.165, 1.54) is 35.7 Å². The van der Waals surface area contributed by atoms with Crippen molar-refractivity contribution in [1.82, 2.24) is 0 Å². The Hall–Kier alpha value is -3.74. The summed E-state index contributed by atoms with van der Waals surface area (Å²) >= 11 is 4.94. The number of rotatable bonds is 6. The Balaban J connectivity index is 1.87. The number of urea groups is 1. The van der Waals surface area contributed by atoms with Crippen molar-refractivity contribution in [3.05, 3.63) is 83.9 Å². The predicted molar refractivity (Wildman–Crippen MR) is 120 cm³/mol. The molecule has 150 valence electrons. The summed E-state index contributed by atoms with van der Waals surface area (Å²) in [6.45, 7) is 0. The predicted octanol–water partition coefficient (Wildman–Crippen LogP) is 4.35. The van der Waals surface area contributed by atoms with Crippen LogP contribution >= 0.6 is 12.2 Å². The van der Waals surface area contributed by atoms with Gasteiger partial charge >= 0.3 is 6.03 Å². The first-order chi connectivity index (χ1) is 14.4. The SMILES string of the molecule is N#Cc1ccc(NC(=O)Nc2ccccc2C=S)c(NS(=O)(=O)c2ccccc2)c1. The number of nitrogens with zero attached hydrogens (tertiary/aromatic N) is 1. The van der Waals surface area contributed by atoms with Gasteiger partial charge in [-0.1, -0.05) is 48.6 Å². The van der Waals surface area contributed by atoms with Crippen molar-refractivity contribution < 1.29 is 13.2 Å². The lowest BCUT2D eigenvalue weighted by molar-refractivity contribution is 0.262. The van der Waals surface area contributed by atoms with Gasteiger partial charge in [0.05, 0.1) is 33.6 Å².